The molecule has 4 amide bonds. The molecule has 0 radical (unpaired) electrons. The summed E-state index contributed by atoms with van der Waals surface area (Å²) in [6.07, 6.45) is 2.91. The second-order valence-corrected chi connectivity index (χ2v) is 19.1. The molecule has 3 aliphatic rings. The number of nitrogens with one attached hydrogen (secondary N) is 4. The molecule has 0 unspecified atom stereocenters. The van der Waals surface area contributed by atoms with Crippen molar-refractivity contribution in [3.63, 3.8) is 0 Å². The Bertz CT molecular complexity index is 3000. The Kier molecular flexibility index (Phi) is 11.5. The van der Waals surface area contributed by atoms with Crippen LogP contribution in [0.15, 0.2) is 91.0 Å². The first kappa shape index (κ1) is 43.1. The van der Waals surface area contributed by atoms with Crippen LogP contribution in [0.5, 0.6) is 0 Å². The summed E-state index contributed by atoms with van der Waals surface area (Å²) in [5.41, 5.74) is 6.30. The number of aromatic amines is 2. The lowest BCUT2D eigenvalue weighted by atomic mass is 9.84. The van der Waals surface area contributed by atoms with Crippen LogP contribution in [0.1, 0.15) is 88.2 Å². The number of aromatic nitrogens is 4. The van der Waals surface area contributed by atoms with E-state index in [0.717, 1.165) is 86.0 Å². The third kappa shape index (κ3) is 8.01. The Labute approximate surface area is 382 Å². The number of methoxy groups -OCH3 is 1. The summed E-state index contributed by atoms with van der Waals surface area (Å²) in [6.45, 7) is 7.32. The maximum absolute atomic E-state index is 14.6. The van der Waals surface area contributed by atoms with E-state index in [1.807, 2.05) is 61.2 Å². The average Bonchev–Trinajstić information content (AvgIpc) is 4.11. The number of hydrogen-bond acceptors (Lipinski definition) is 7. The number of hydrogen-bond donors (Lipinski definition) is 5. The number of H-pyrrole nitrogens is 2. The third-order valence-corrected chi connectivity index (χ3v) is 14.2. The van der Waals surface area contributed by atoms with Crippen LogP contribution in [0.4, 0.5) is 4.79 Å². The van der Waals surface area contributed by atoms with Gasteiger partial charge < -0.3 is 40.2 Å². The van der Waals surface area contributed by atoms with E-state index in [0.29, 0.717) is 37.8 Å². The molecular weight excluding hydrogens is 833 g/mol. The molecule has 5 N–H and O–H groups in total. The lowest BCUT2D eigenvalue weighted by Gasteiger charge is -2.31. The van der Waals surface area contributed by atoms with Crippen molar-refractivity contribution >= 4 is 67.4 Å². The van der Waals surface area contributed by atoms with Gasteiger partial charge in [-0.25, -0.2) is 14.8 Å². The van der Waals surface area contributed by atoms with Crippen LogP contribution >= 0.6 is 0 Å². The molecule has 1 saturated carbocycles. The summed E-state index contributed by atoms with van der Waals surface area (Å²) < 4.78 is 5.59. The fraction of sp³-hybridized carbons (Fsp3) is 0.385. The molecule has 1 aliphatic carbocycles. The Balaban J connectivity index is 0.926. The summed E-state index contributed by atoms with van der Waals surface area (Å²) >= 11 is 0. The maximum Gasteiger partial charge on any atom is 0.405 e. The molecule has 2 aromatic heterocycles. The number of imidazole rings is 2. The monoisotopic (exact) mass is 888 g/mol. The quantitative estimate of drug-likeness (QED) is 0.0806. The van der Waals surface area contributed by atoms with Crippen molar-refractivity contribution in [2.45, 2.75) is 77.0 Å². The highest BCUT2D eigenvalue weighted by molar-refractivity contribution is 6.07. The van der Waals surface area contributed by atoms with Gasteiger partial charge in [-0.2, -0.15) is 0 Å². The van der Waals surface area contributed by atoms with Crippen LogP contribution in [0.3, 0.4) is 0 Å². The number of ether oxygens (including phenoxy) is 1. The molecule has 0 spiro atoms. The van der Waals surface area contributed by atoms with Crippen LogP contribution in [0.25, 0.3) is 54.7 Å². The van der Waals surface area contributed by atoms with Crippen molar-refractivity contribution in [2.24, 2.45) is 23.7 Å². The van der Waals surface area contributed by atoms with Crippen LogP contribution in [-0.4, -0.2) is 91.5 Å². The van der Waals surface area contributed by atoms with Crippen molar-refractivity contribution in [1.82, 2.24) is 40.4 Å². The lowest BCUT2D eigenvalue weighted by molar-refractivity contribution is -0.139. The molecule has 66 heavy (non-hydrogen) atoms. The number of rotatable bonds is 12. The van der Waals surface area contributed by atoms with E-state index >= 15 is 0 Å². The Morgan fingerprint density at radius 1 is 0.758 bits per heavy atom. The first-order chi connectivity index (χ1) is 31.9. The number of nitrogens with zero attached hydrogens (tertiary/aromatic N) is 4. The zero-order valence-corrected chi connectivity index (χ0v) is 37.7. The molecule has 2 aliphatic heterocycles. The smallest absolute Gasteiger partial charge is 0.405 e. The van der Waals surface area contributed by atoms with Gasteiger partial charge in [0.2, 0.25) is 17.7 Å². The number of amides is 4. The Hall–Kier alpha value is -6.80. The first-order valence-electron chi connectivity index (χ1n) is 23.2. The molecule has 5 aromatic carbocycles. The maximum atomic E-state index is 14.6. The predicted octanol–water partition coefficient (Wildman–Crippen LogP) is 8.81. The molecule has 14 heteroatoms. The van der Waals surface area contributed by atoms with E-state index in [1.54, 1.807) is 12.0 Å². The molecular formula is C52H56N8O6. The SMILES string of the molecule is COC[C@H]1C[C@@H](c2nc3ccc4cc(-c5ccc6c(ccc7nc([C@@H]8C[C@H](C)CN8C(=O)[C@@H](NC(=O)O)C(C)C)[nH]c76)c5)ccc4c3[nH]2)N(C(=O)[C@H](NC(=O)C2CCC2)c2ccccc2)C1. The fourth-order valence-electron chi connectivity index (χ4n) is 10.5. The summed E-state index contributed by atoms with van der Waals surface area (Å²) in [4.78, 5) is 74.2. The van der Waals surface area contributed by atoms with Gasteiger partial charge in [-0.15, -0.1) is 0 Å². The van der Waals surface area contributed by atoms with E-state index in [4.69, 9.17) is 14.7 Å². The molecule has 6 atom stereocenters. The van der Waals surface area contributed by atoms with Gasteiger partial charge in [0.05, 0.1) is 40.8 Å². The number of benzene rings is 5. The molecule has 0 bridgehead atoms. The van der Waals surface area contributed by atoms with Gasteiger partial charge in [0.25, 0.3) is 0 Å². The van der Waals surface area contributed by atoms with E-state index in [1.165, 1.54) is 0 Å². The molecule has 340 valence electrons. The van der Waals surface area contributed by atoms with E-state index in [9.17, 15) is 24.3 Å². The van der Waals surface area contributed by atoms with Crippen molar-refractivity contribution in [1.29, 1.82) is 0 Å². The second-order valence-electron chi connectivity index (χ2n) is 19.1. The average molecular weight is 889 g/mol. The number of carbonyl (C=O) groups excluding carboxylic acids is 3. The molecule has 3 fully saturated rings. The first-order valence-corrected chi connectivity index (χ1v) is 23.2. The molecule has 4 heterocycles. The van der Waals surface area contributed by atoms with Crippen molar-refractivity contribution in [3.05, 3.63) is 108 Å². The highest BCUT2D eigenvalue weighted by atomic mass is 16.5. The summed E-state index contributed by atoms with van der Waals surface area (Å²) in [6, 6.07) is 28.3. The summed E-state index contributed by atoms with van der Waals surface area (Å²) in [7, 11) is 1.68. The van der Waals surface area contributed by atoms with Gasteiger partial charge in [-0.1, -0.05) is 93.9 Å². The van der Waals surface area contributed by atoms with Gasteiger partial charge in [0, 0.05) is 42.8 Å². The number of carbonyl (C=O) groups is 4. The van der Waals surface area contributed by atoms with E-state index in [-0.39, 0.29) is 53.5 Å². The Morgan fingerprint density at radius 3 is 1.89 bits per heavy atom. The number of carboxylic acid groups (broad SMARTS) is 1. The normalized spacial score (nSPS) is 20.9. The number of fused-ring (bicyclic) bond motifs is 6. The third-order valence-electron chi connectivity index (χ3n) is 14.2. The van der Waals surface area contributed by atoms with Crippen molar-refractivity contribution in [3.8, 4) is 11.1 Å². The van der Waals surface area contributed by atoms with E-state index in [2.05, 4.69) is 76.1 Å². The van der Waals surface area contributed by atoms with Crippen molar-refractivity contribution in [2.75, 3.05) is 26.8 Å². The zero-order chi connectivity index (χ0) is 45.8. The van der Waals surface area contributed by atoms with Crippen LogP contribution in [-0.2, 0) is 19.1 Å². The minimum Gasteiger partial charge on any atom is -0.465 e. The summed E-state index contributed by atoms with van der Waals surface area (Å²) in [5.74, 6) is 1.04. The molecule has 14 nitrogen and oxygen atoms in total. The fourth-order valence-corrected chi connectivity index (χ4v) is 10.5. The van der Waals surface area contributed by atoms with Gasteiger partial charge in [0.1, 0.15) is 23.7 Å². The number of likely N-dealkylation sites (tertiary alicyclic amines) is 2. The Morgan fingerprint density at radius 2 is 1.35 bits per heavy atom. The summed E-state index contributed by atoms with van der Waals surface area (Å²) in [5, 5.41) is 19.1. The molecule has 2 saturated heterocycles. The molecule has 7 aromatic rings. The van der Waals surface area contributed by atoms with Crippen LogP contribution in [0.2, 0.25) is 0 Å². The minimum absolute atomic E-state index is 0.0540. The van der Waals surface area contributed by atoms with Crippen LogP contribution in [0, 0.1) is 23.7 Å². The van der Waals surface area contributed by atoms with Gasteiger partial charge in [-0.05, 0) is 89.2 Å². The van der Waals surface area contributed by atoms with E-state index < -0.39 is 18.2 Å². The highest BCUT2D eigenvalue weighted by Gasteiger charge is 2.43. The van der Waals surface area contributed by atoms with Gasteiger partial charge >= 0.3 is 6.09 Å². The second kappa shape index (κ2) is 17.5. The highest BCUT2D eigenvalue weighted by Crippen LogP contribution is 2.40. The van der Waals surface area contributed by atoms with Gasteiger partial charge in [-0.3, -0.25) is 14.4 Å². The molecule has 10 rings (SSSR count). The van der Waals surface area contributed by atoms with Crippen molar-refractivity contribution < 1.29 is 29.0 Å². The zero-order valence-electron chi connectivity index (χ0n) is 37.7. The largest absolute Gasteiger partial charge is 0.465 e. The minimum atomic E-state index is -1.21. The predicted molar refractivity (Wildman–Crippen MR) is 253 cm³/mol. The van der Waals surface area contributed by atoms with Gasteiger partial charge in [0.15, 0.2) is 0 Å². The topological polar surface area (TPSA) is 186 Å². The lowest BCUT2D eigenvalue weighted by Crippen LogP contribution is -2.50. The van der Waals surface area contributed by atoms with Crippen LogP contribution < -0.4 is 10.6 Å². The standard InChI is InChI=1S/C52H56N8O6/c1-28(2)43(58-52(64)65)50(62)59-25-29(3)21-41(59)47-53-39-19-15-35-23-33(13-17-37(35)45(39)55-47)34-14-18-38-36(24-34)16-20-40-46(38)56-48(54-40)42-22-30(27-66-4)26-60(42)51(63)44(31-9-6-5-7-10-31)57-49(61)32-11-8-12-32/h5-7,9-10,13-20,23-24,28-30,32,41-44,58H,8,11-12,21-22,25-27H2,1-4H3,(H,53,55)(H,54,56)(H,57,61)(H,64,65)/t29-,30-,41-,42-,43-,44+/m0/s1.